The van der Waals surface area contributed by atoms with E-state index in [0.29, 0.717) is 29.7 Å². The van der Waals surface area contributed by atoms with Crippen LogP contribution in [0.15, 0.2) is 28.8 Å². The Morgan fingerprint density at radius 1 is 1.36 bits per heavy atom. The summed E-state index contributed by atoms with van der Waals surface area (Å²) in [6.07, 6.45) is 0.405. The number of benzene rings is 1. The fourth-order valence-corrected chi connectivity index (χ4v) is 1.86. The maximum Gasteiger partial charge on any atom is 0.257 e. The molecule has 1 aromatic heterocycles. The van der Waals surface area contributed by atoms with Gasteiger partial charge < -0.3 is 15.2 Å². The van der Waals surface area contributed by atoms with Gasteiger partial charge in [-0.25, -0.2) is 0 Å². The third-order valence-electron chi connectivity index (χ3n) is 2.90. The highest BCUT2D eigenvalue weighted by atomic mass is 35.5. The standard InChI is InChI=1S/C14H17ClN4O2.ClH/c1-9(17-12(20)7-8-16-2)13-18-14(21-19-13)10-3-5-11(15)6-4-10;/h3-6,9,16H,7-8H2,1-2H3,(H,17,20);1H. The predicted octanol–water partition coefficient (Wildman–Crippen LogP) is 2.60. The molecule has 0 aliphatic carbocycles. The van der Waals surface area contributed by atoms with E-state index in [4.69, 9.17) is 16.1 Å². The van der Waals surface area contributed by atoms with Gasteiger partial charge in [0.1, 0.15) is 0 Å². The van der Waals surface area contributed by atoms with Gasteiger partial charge in [0.05, 0.1) is 6.04 Å². The second kappa shape index (κ2) is 8.73. The molecule has 2 aromatic rings. The minimum atomic E-state index is -0.306. The molecule has 0 saturated carbocycles. The summed E-state index contributed by atoms with van der Waals surface area (Å²) in [4.78, 5) is 15.9. The molecule has 8 heteroatoms. The van der Waals surface area contributed by atoms with E-state index in [-0.39, 0.29) is 24.4 Å². The molecule has 0 aliphatic heterocycles. The summed E-state index contributed by atoms with van der Waals surface area (Å²) in [5.41, 5.74) is 0.784. The van der Waals surface area contributed by atoms with Gasteiger partial charge >= 0.3 is 0 Å². The van der Waals surface area contributed by atoms with Crippen molar-refractivity contribution in [3.05, 3.63) is 35.1 Å². The van der Waals surface area contributed by atoms with Crippen molar-refractivity contribution in [1.82, 2.24) is 20.8 Å². The second-order valence-corrected chi connectivity index (χ2v) is 5.04. The van der Waals surface area contributed by atoms with Gasteiger partial charge in [-0.1, -0.05) is 16.8 Å². The number of amides is 1. The Morgan fingerprint density at radius 3 is 2.68 bits per heavy atom. The van der Waals surface area contributed by atoms with Crippen molar-refractivity contribution >= 4 is 29.9 Å². The third-order valence-corrected chi connectivity index (χ3v) is 3.15. The highest BCUT2D eigenvalue weighted by Gasteiger charge is 2.16. The Labute approximate surface area is 140 Å². The monoisotopic (exact) mass is 344 g/mol. The molecule has 22 heavy (non-hydrogen) atoms. The maximum atomic E-state index is 11.6. The van der Waals surface area contributed by atoms with Gasteiger partial charge in [0.2, 0.25) is 5.91 Å². The normalized spacial score (nSPS) is 11.6. The van der Waals surface area contributed by atoms with Gasteiger partial charge in [0.15, 0.2) is 5.82 Å². The average molecular weight is 345 g/mol. The smallest absolute Gasteiger partial charge is 0.257 e. The summed E-state index contributed by atoms with van der Waals surface area (Å²) in [5.74, 6) is 0.783. The molecule has 6 nitrogen and oxygen atoms in total. The molecular formula is C14H18Cl2N4O2. The zero-order valence-corrected chi connectivity index (χ0v) is 13.9. The molecular weight excluding hydrogens is 327 g/mol. The van der Waals surface area contributed by atoms with Crippen LogP contribution in [0.3, 0.4) is 0 Å². The summed E-state index contributed by atoms with van der Waals surface area (Å²) in [6, 6.07) is 6.80. The minimum absolute atomic E-state index is 0. The van der Waals surface area contributed by atoms with Gasteiger partial charge in [0.25, 0.3) is 5.89 Å². The zero-order chi connectivity index (χ0) is 15.2. The van der Waals surface area contributed by atoms with E-state index in [1.807, 2.05) is 6.92 Å². The van der Waals surface area contributed by atoms with E-state index in [1.165, 1.54) is 0 Å². The van der Waals surface area contributed by atoms with Crippen LogP contribution < -0.4 is 10.6 Å². The predicted molar refractivity (Wildman–Crippen MR) is 87.1 cm³/mol. The number of nitrogens with zero attached hydrogens (tertiary/aromatic N) is 2. The maximum absolute atomic E-state index is 11.6. The quantitative estimate of drug-likeness (QED) is 0.841. The van der Waals surface area contributed by atoms with Gasteiger partial charge in [-0.05, 0) is 38.2 Å². The van der Waals surface area contributed by atoms with E-state index in [0.717, 1.165) is 5.56 Å². The molecule has 0 aliphatic rings. The Kier molecular flexibility index (Phi) is 7.31. The lowest BCUT2D eigenvalue weighted by Crippen LogP contribution is -2.29. The molecule has 1 amide bonds. The molecule has 1 atom stereocenters. The first-order chi connectivity index (χ1) is 10.1. The largest absolute Gasteiger partial charge is 0.346 e. The first-order valence-electron chi connectivity index (χ1n) is 6.63. The fourth-order valence-electron chi connectivity index (χ4n) is 1.74. The summed E-state index contributed by atoms with van der Waals surface area (Å²) >= 11 is 5.83. The molecule has 0 saturated heterocycles. The summed E-state index contributed by atoms with van der Waals surface area (Å²) < 4.78 is 5.21. The van der Waals surface area contributed by atoms with E-state index < -0.39 is 0 Å². The van der Waals surface area contributed by atoms with Crippen molar-refractivity contribution < 1.29 is 9.32 Å². The SMILES string of the molecule is CNCCC(=O)NC(C)c1noc(-c2ccc(Cl)cc2)n1.Cl. The van der Waals surface area contributed by atoms with E-state index in [9.17, 15) is 4.79 Å². The number of carbonyl (C=O) groups excluding carboxylic acids is 1. The Morgan fingerprint density at radius 2 is 2.05 bits per heavy atom. The van der Waals surface area contributed by atoms with Crippen molar-refractivity contribution in [2.45, 2.75) is 19.4 Å². The van der Waals surface area contributed by atoms with Gasteiger partial charge in [-0.15, -0.1) is 12.4 Å². The van der Waals surface area contributed by atoms with Crippen LogP contribution in [0.5, 0.6) is 0 Å². The van der Waals surface area contributed by atoms with Crippen LogP contribution in [-0.4, -0.2) is 29.6 Å². The highest BCUT2D eigenvalue weighted by Crippen LogP contribution is 2.21. The molecule has 1 unspecified atom stereocenters. The van der Waals surface area contributed by atoms with Crippen LogP contribution in [0.1, 0.15) is 25.2 Å². The first kappa shape index (κ1) is 18.4. The van der Waals surface area contributed by atoms with Crippen molar-refractivity contribution in [2.24, 2.45) is 0 Å². The van der Waals surface area contributed by atoms with Crippen LogP contribution in [0.25, 0.3) is 11.5 Å². The molecule has 0 bridgehead atoms. The van der Waals surface area contributed by atoms with E-state index in [2.05, 4.69) is 20.8 Å². The van der Waals surface area contributed by atoms with Crippen molar-refractivity contribution in [1.29, 1.82) is 0 Å². The lowest BCUT2D eigenvalue weighted by Gasteiger charge is -2.09. The van der Waals surface area contributed by atoms with Crippen LogP contribution in [-0.2, 0) is 4.79 Å². The number of halogens is 2. The van der Waals surface area contributed by atoms with E-state index >= 15 is 0 Å². The number of hydrogen-bond acceptors (Lipinski definition) is 5. The van der Waals surface area contributed by atoms with Crippen molar-refractivity contribution in [3.8, 4) is 11.5 Å². The summed E-state index contributed by atoms with van der Waals surface area (Å²) in [5, 5.41) is 10.3. The first-order valence-corrected chi connectivity index (χ1v) is 7.01. The lowest BCUT2D eigenvalue weighted by molar-refractivity contribution is -0.121. The molecule has 1 heterocycles. The molecule has 2 N–H and O–H groups in total. The van der Waals surface area contributed by atoms with E-state index in [1.54, 1.807) is 31.3 Å². The highest BCUT2D eigenvalue weighted by molar-refractivity contribution is 6.30. The lowest BCUT2D eigenvalue weighted by atomic mass is 10.2. The molecule has 0 spiro atoms. The number of nitrogens with one attached hydrogen (secondary N) is 2. The van der Waals surface area contributed by atoms with Crippen LogP contribution in [0, 0.1) is 0 Å². The average Bonchev–Trinajstić information content (AvgIpc) is 2.96. The van der Waals surface area contributed by atoms with Crippen molar-refractivity contribution in [2.75, 3.05) is 13.6 Å². The minimum Gasteiger partial charge on any atom is -0.346 e. The molecule has 1 aromatic carbocycles. The van der Waals surface area contributed by atoms with Crippen LogP contribution >= 0.6 is 24.0 Å². The Hall–Kier alpha value is -1.63. The van der Waals surface area contributed by atoms with Crippen LogP contribution in [0.4, 0.5) is 0 Å². The fraction of sp³-hybridized carbons (Fsp3) is 0.357. The number of hydrogen-bond donors (Lipinski definition) is 2. The molecule has 0 radical (unpaired) electrons. The topological polar surface area (TPSA) is 80.0 Å². The number of carbonyl (C=O) groups is 1. The second-order valence-electron chi connectivity index (χ2n) is 4.61. The summed E-state index contributed by atoms with van der Waals surface area (Å²) in [7, 11) is 1.80. The summed E-state index contributed by atoms with van der Waals surface area (Å²) in [6.45, 7) is 2.44. The van der Waals surface area contributed by atoms with Gasteiger partial charge in [0, 0.05) is 23.6 Å². The number of rotatable bonds is 6. The van der Waals surface area contributed by atoms with Gasteiger partial charge in [-0.2, -0.15) is 4.98 Å². The van der Waals surface area contributed by atoms with Crippen molar-refractivity contribution in [3.63, 3.8) is 0 Å². The molecule has 0 fully saturated rings. The van der Waals surface area contributed by atoms with Crippen LogP contribution in [0.2, 0.25) is 5.02 Å². The Bertz CT molecular complexity index is 601. The van der Waals surface area contributed by atoms with Gasteiger partial charge in [-0.3, -0.25) is 4.79 Å². The molecule has 120 valence electrons. The Balaban J connectivity index is 0.00000242. The zero-order valence-electron chi connectivity index (χ0n) is 12.3. The molecule has 2 rings (SSSR count). The number of aromatic nitrogens is 2. The third kappa shape index (κ3) is 4.98.